The highest BCUT2D eigenvalue weighted by Crippen LogP contribution is 2.30. The normalized spacial score (nSPS) is 12.1. The van der Waals surface area contributed by atoms with E-state index in [1.54, 1.807) is 13.2 Å². The number of hydrogen-bond acceptors (Lipinski definition) is 11. The van der Waals surface area contributed by atoms with E-state index in [2.05, 4.69) is 15.0 Å². The maximum absolute atomic E-state index is 14.6. The lowest BCUT2D eigenvalue weighted by Crippen LogP contribution is -2.29. The molecule has 1 amide bonds. The largest absolute Gasteiger partial charge is 0.451 e. The Morgan fingerprint density at radius 2 is 1.53 bits per heavy atom. The summed E-state index contributed by atoms with van der Waals surface area (Å²) in [7, 11) is -2.28. The first-order valence-electron chi connectivity index (χ1n) is 14.2. The number of guanidine groups is 1. The molecule has 0 saturated heterocycles. The molecular weight excluding hydrogens is 644 g/mol. The van der Waals surface area contributed by atoms with Crippen molar-refractivity contribution in [2.24, 2.45) is 22.3 Å². The predicted molar refractivity (Wildman–Crippen MR) is 170 cm³/mol. The minimum atomic E-state index is -3.89. The van der Waals surface area contributed by atoms with Gasteiger partial charge in [-0.05, 0) is 55.0 Å². The average molecular weight is 686 g/mol. The van der Waals surface area contributed by atoms with Crippen LogP contribution in [0.15, 0.2) is 63.8 Å². The molecule has 0 bridgehead atoms. The van der Waals surface area contributed by atoms with Gasteiger partial charge in [0.25, 0.3) is 5.91 Å². The van der Waals surface area contributed by atoms with E-state index in [0.717, 1.165) is 12.1 Å². The van der Waals surface area contributed by atoms with Crippen LogP contribution in [-0.4, -0.2) is 96.8 Å². The zero-order valence-electron chi connectivity index (χ0n) is 26.1. The van der Waals surface area contributed by atoms with Crippen LogP contribution >= 0.6 is 0 Å². The molecule has 0 atom stereocenters. The molecule has 0 aromatic heterocycles. The second-order valence-electron chi connectivity index (χ2n) is 9.65. The fourth-order valence-electron chi connectivity index (χ4n) is 3.54. The minimum Gasteiger partial charge on any atom is -0.451 e. The first-order chi connectivity index (χ1) is 22.3. The van der Waals surface area contributed by atoms with Gasteiger partial charge in [0.15, 0.2) is 23.3 Å². The number of sulfonamides is 1. The number of halogens is 2. The number of aliphatic imine (C=N–C) groups is 1. The van der Waals surface area contributed by atoms with Crippen molar-refractivity contribution in [3.8, 4) is 11.5 Å². The molecule has 15 nitrogen and oxygen atoms in total. The number of aliphatic hydroxyl groups excluding tert-OH is 1. The number of ether oxygens (including phenoxy) is 4. The van der Waals surface area contributed by atoms with Crippen molar-refractivity contribution in [3.05, 3.63) is 71.1 Å². The van der Waals surface area contributed by atoms with Gasteiger partial charge in [-0.15, -0.1) is 0 Å². The van der Waals surface area contributed by atoms with Crippen LogP contribution in [0.4, 0.5) is 8.78 Å². The standard InChI is InChI=1S/C29H41F2N7O8S/c1-20(28(40)37-29(32)33)15-21-16-25(30)27(26(31)17-21)46-23-3-5-24(6-4-23)47(41,42)36-8-10-44-12-14-45-13-11-43-9-7-35-18-22(19-39)38(2)34/h3-6,15-18,35-36,39H,7-14,19,34H2,1-2H3,(H4,32,33,37,40)/b20-15+,22-18-. The Balaban J connectivity index is 1.70. The fourth-order valence-corrected chi connectivity index (χ4v) is 4.55. The van der Waals surface area contributed by atoms with Crippen molar-refractivity contribution in [3.63, 3.8) is 0 Å². The van der Waals surface area contributed by atoms with Crippen LogP contribution in [-0.2, 0) is 29.0 Å². The number of benzene rings is 2. The maximum Gasteiger partial charge on any atom is 0.275 e. The summed E-state index contributed by atoms with van der Waals surface area (Å²) in [5.41, 5.74) is 10.9. The SMILES string of the molecule is C/C(=C\c1cc(F)c(Oc2ccc(S(=O)(=O)NCCOCCOCCOCCN/C=C(/CO)N(C)N)cc2)c(F)c1)C(=O)N=C(N)N. The molecule has 2 aromatic rings. The zero-order chi connectivity index (χ0) is 34.8. The summed E-state index contributed by atoms with van der Waals surface area (Å²) in [6.45, 7) is 3.50. The van der Waals surface area contributed by atoms with Crippen LogP contribution in [0.1, 0.15) is 12.5 Å². The lowest BCUT2D eigenvalue weighted by molar-refractivity contribution is -0.114. The zero-order valence-corrected chi connectivity index (χ0v) is 26.9. The molecule has 18 heteroatoms. The van der Waals surface area contributed by atoms with Gasteiger partial charge >= 0.3 is 0 Å². The van der Waals surface area contributed by atoms with Gasteiger partial charge in [0.1, 0.15) is 5.75 Å². The Hall–Kier alpha value is -4.17. The van der Waals surface area contributed by atoms with Gasteiger partial charge in [-0.1, -0.05) is 0 Å². The molecule has 260 valence electrons. The van der Waals surface area contributed by atoms with Crippen LogP contribution in [0.25, 0.3) is 6.08 Å². The quantitative estimate of drug-likeness (QED) is 0.0263. The number of rotatable bonds is 21. The van der Waals surface area contributed by atoms with Gasteiger partial charge in [0.05, 0.1) is 56.8 Å². The number of carbonyl (C=O) groups excluding carboxylic acids is 1. The van der Waals surface area contributed by atoms with Crippen LogP contribution < -0.4 is 32.1 Å². The molecule has 0 aliphatic heterocycles. The van der Waals surface area contributed by atoms with E-state index in [1.165, 1.54) is 42.3 Å². The molecule has 0 aliphatic carbocycles. The Morgan fingerprint density at radius 3 is 2.06 bits per heavy atom. The van der Waals surface area contributed by atoms with Crippen LogP contribution in [0.2, 0.25) is 0 Å². The third-order valence-electron chi connectivity index (χ3n) is 5.88. The number of likely N-dealkylation sites (N-methyl/N-ethyl adjacent to an activating group) is 1. The lowest BCUT2D eigenvalue weighted by atomic mass is 10.1. The highest BCUT2D eigenvalue weighted by atomic mass is 32.2. The molecule has 2 aromatic carbocycles. The summed E-state index contributed by atoms with van der Waals surface area (Å²) >= 11 is 0. The summed E-state index contributed by atoms with van der Waals surface area (Å²) < 4.78 is 78.3. The molecule has 0 saturated carbocycles. The fraction of sp³-hybridized carbons (Fsp3) is 0.379. The number of aliphatic hydroxyl groups is 1. The number of nitrogens with zero attached hydrogens (tertiary/aromatic N) is 2. The molecular formula is C29H41F2N7O8S. The summed E-state index contributed by atoms with van der Waals surface area (Å²) in [5.74, 6) is 1.48. The van der Waals surface area contributed by atoms with E-state index >= 15 is 0 Å². The summed E-state index contributed by atoms with van der Waals surface area (Å²) in [5, 5.41) is 13.4. The summed E-state index contributed by atoms with van der Waals surface area (Å²) in [4.78, 5) is 15.1. The lowest BCUT2D eigenvalue weighted by Gasteiger charge is -2.14. The van der Waals surface area contributed by atoms with E-state index in [-0.39, 0.29) is 48.1 Å². The molecule has 0 unspecified atom stereocenters. The van der Waals surface area contributed by atoms with Crippen molar-refractivity contribution in [1.82, 2.24) is 15.0 Å². The van der Waals surface area contributed by atoms with Gasteiger partial charge in [-0.25, -0.2) is 27.8 Å². The van der Waals surface area contributed by atoms with E-state index < -0.39 is 39.3 Å². The molecule has 0 fully saturated rings. The second-order valence-corrected chi connectivity index (χ2v) is 11.4. The van der Waals surface area contributed by atoms with Crippen LogP contribution in [0, 0.1) is 11.6 Å². The van der Waals surface area contributed by atoms with E-state index in [4.69, 9.17) is 41.4 Å². The Kier molecular flexibility index (Phi) is 16.7. The number of hydrazine groups is 1. The Labute approximate surface area is 272 Å². The summed E-state index contributed by atoms with van der Waals surface area (Å²) in [6, 6.07) is 6.84. The highest BCUT2D eigenvalue weighted by Gasteiger charge is 2.17. The molecule has 47 heavy (non-hydrogen) atoms. The first-order valence-corrected chi connectivity index (χ1v) is 15.7. The smallest absolute Gasteiger partial charge is 0.275 e. The molecule has 0 spiro atoms. The second kappa shape index (κ2) is 20.1. The van der Waals surface area contributed by atoms with Crippen molar-refractivity contribution < 1.29 is 46.0 Å². The molecule has 0 aliphatic rings. The monoisotopic (exact) mass is 685 g/mol. The van der Waals surface area contributed by atoms with Crippen molar-refractivity contribution in [2.45, 2.75) is 11.8 Å². The van der Waals surface area contributed by atoms with Gasteiger partial charge < -0.3 is 45.8 Å². The Bertz CT molecular complexity index is 1480. The molecule has 0 heterocycles. The van der Waals surface area contributed by atoms with E-state index in [9.17, 15) is 22.0 Å². The van der Waals surface area contributed by atoms with Crippen LogP contribution in [0.3, 0.4) is 0 Å². The highest BCUT2D eigenvalue weighted by molar-refractivity contribution is 7.89. The third kappa shape index (κ3) is 14.4. The predicted octanol–water partition coefficient (Wildman–Crippen LogP) is 0.517. The summed E-state index contributed by atoms with van der Waals surface area (Å²) in [6.07, 6.45) is 2.80. The molecule has 0 radical (unpaired) electrons. The van der Waals surface area contributed by atoms with E-state index in [0.29, 0.717) is 38.7 Å². The molecule has 9 N–H and O–H groups in total. The van der Waals surface area contributed by atoms with Gasteiger partial charge in [0.2, 0.25) is 10.0 Å². The topological polar surface area (TPSA) is 226 Å². The van der Waals surface area contributed by atoms with Crippen molar-refractivity contribution in [1.29, 1.82) is 0 Å². The van der Waals surface area contributed by atoms with Crippen LogP contribution in [0.5, 0.6) is 11.5 Å². The number of hydrogen-bond donors (Lipinski definition) is 6. The minimum absolute atomic E-state index is 0.00265. The van der Waals surface area contributed by atoms with E-state index in [1.807, 2.05) is 0 Å². The van der Waals surface area contributed by atoms with Crippen molar-refractivity contribution in [2.75, 3.05) is 66.4 Å². The van der Waals surface area contributed by atoms with Gasteiger partial charge in [0, 0.05) is 31.9 Å². The van der Waals surface area contributed by atoms with Gasteiger partial charge in [-0.2, -0.15) is 4.99 Å². The Morgan fingerprint density at radius 1 is 0.979 bits per heavy atom. The van der Waals surface area contributed by atoms with Gasteiger partial charge in [-0.3, -0.25) is 4.79 Å². The third-order valence-corrected chi connectivity index (χ3v) is 7.36. The molecule has 2 rings (SSSR count). The number of amides is 1. The number of nitrogens with one attached hydrogen (secondary N) is 2. The number of carbonyl (C=O) groups is 1. The van der Waals surface area contributed by atoms with Crippen molar-refractivity contribution >= 4 is 28.0 Å². The maximum atomic E-state index is 14.6. The first kappa shape index (κ1) is 39.0. The average Bonchev–Trinajstić information content (AvgIpc) is 3.00. The number of nitrogens with two attached hydrogens (primary N) is 3.